The highest BCUT2D eigenvalue weighted by molar-refractivity contribution is 8.00. The largest absolute Gasteiger partial charge is 0.446 e. The molecule has 2 aromatic rings. The number of thioether (sulfide) groups is 1. The zero-order valence-electron chi connectivity index (χ0n) is 16.0. The molecular formula is C19H10Cl3F6N4S+. The molecule has 1 aliphatic rings. The third kappa shape index (κ3) is 5.51. The van der Waals surface area contributed by atoms with Crippen molar-refractivity contribution in [2.24, 2.45) is 0 Å². The van der Waals surface area contributed by atoms with Crippen molar-refractivity contribution in [1.82, 2.24) is 9.78 Å². The van der Waals surface area contributed by atoms with Crippen LogP contribution in [0.2, 0.25) is 10.0 Å². The summed E-state index contributed by atoms with van der Waals surface area (Å²) in [6, 6.07) is 2.67. The first kappa shape index (κ1) is 25.5. The lowest BCUT2D eigenvalue weighted by molar-refractivity contribution is -0.377. The minimum Gasteiger partial charge on any atom is -0.204 e. The molecule has 1 aromatic heterocycles. The normalized spacial score (nSPS) is 14.5. The molecule has 0 unspecified atom stereocenters. The lowest BCUT2D eigenvalue weighted by atomic mass is 10.1. The van der Waals surface area contributed by atoms with Gasteiger partial charge in [0.15, 0.2) is 5.69 Å². The molecule has 0 amide bonds. The highest BCUT2D eigenvalue weighted by Gasteiger charge is 2.41. The van der Waals surface area contributed by atoms with E-state index in [0.717, 1.165) is 9.26 Å². The van der Waals surface area contributed by atoms with Gasteiger partial charge in [-0.25, -0.2) is 4.58 Å². The molecule has 1 aliphatic carbocycles. The SMILES string of the molecule is C=[N+](C1=CCCC(Cl)=C1)c1c(SC(F)(F)F)c(C#N)nn1-c1c(Cl)cc(C(F)(F)F)cc1Cl. The lowest BCUT2D eigenvalue weighted by Gasteiger charge is -2.13. The summed E-state index contributed by atoms with van der Waals surface area (Å²) in [7, 11) is 0. The Morgan fingerprint density at radius 1 is 1.12 bits per heavy atom. The van der Waals surface area contributed by atoms with Crippen molar-refractivity contribution in [3.63, 3.8) is 0 Å². The number of hydrogen-bond acceptors (Lipinski definition) is 3. The second-order valence-electron chi connectivity index (χ2n) is 6.55. The van der Waals surface area contributed by atoms with Gasteiger partial charge in [0.05, 0.1) is 22.3 Å². The van der Waals surface area contributed by atoms with Crippen LogP contribution in [0.25, 0.3) is 5.69 Å². The zero-order chi connectivity index (χ0) is 24.7. The van der Waals surface area contributed by atoms with Crippen LogP contribution in [0.15, 0.2) is 39.9 Å². The Bertz CT molecular complexity index is 1210. The molecule has 0 aliphatic heterocycles. The van der Waals surface area contributed by atoms with Gasteiger partial charge in [-0.05, 0) is 48.9 Å². The van der Waals surface area contributed by atoms with Crippen LogP contribution in [0.5, 0.6) is 0 Å². The molecule has 4 nitrogen and oxygen atoms in total. The number of aromatic nitrogens is 2. The molecule has 33 heavy (non-hydrogen) atoms. The molecule has 0 spiro atoms. The summed E-state index contributed by atoms with van der Waals surface area (Å²) in [5.41, 5.74) is -6.72. The summed E-state index contributed by atoms with van der Waals surface area (Å²) in [5, 5.41) is 12.6. The Hall–Kier alpha value is -2.13. The molecule has 0 saturated heterocycles. The minimum atomic E-state index is -4.82. The molecule has 0 N–H and O–H groups in total. The smallest absolute Gasteiger partial charge is 0.204 e. The number of nitriles is 1. The number of benzene rings is 1. The second-order valence-corrected chi connectivity index (χ2v) is 8.92. The minimum absolute atomic E-state index is 0.278. The van der Waals surface area contributed by atoms with Crippen molar-refractivity contribution in [2.75, 3.05) is 0 Å². The van der Waals surface area contributed by atoms with Crippen molar-refractivity contribution in [3.05, 3.63) is 56.3 Å². The molecular weight excluding hydrogens is 537 g/mol. The van der Waals surface area contributed by atoms with E-state index in [-0.39, 0.29) is 17.2 Å². The first-order chi connectivity index (χ1) is 15.2. The number of allylic oxidation sites excluding steroid dienone is 3. The third-order valence-electron chi connectivity index (χ3n) is 4.31. The van der Waals surface area contributed by atoms with E-state index >= 15 is 0 Å². The van der Waals surface area contributed by atoms with Gasteiger partial charge in [0.1, 0.15) is 16.7 Å². The molecule has 174 valence electrons. The number of alkyl halides is 6. The van der Waals surface area contributed by atoms with Gasteiger partial charge < -0.3 is 0 Å². The Kier molecular flexibility index (Phi) is 7.15. The van der Waals surface area contributed by atoms with Crippen molar-refractivity contribution in [2.45, 2.75) is 29.4 Å². The number of hydrogen-bond donors (Lipinski definition) is 0. The van der Waals surface area contributed by atoms with Gasteiger partial charge >= 0.3 is 17.5 Å². The van der Waals surface area contributed by atoms with Gasteiger partial charge in [-0.15, -0.1) is 0 Å². The van der Waals surface area contributed by atoms with Crippen LogP contribution in [0, 0.1) is 11.3 Å². The van der Waals surface area contributed by atoms with Crippen LogP contribution in [0.1, 0.15) is 24.1 Å². The van der Waals surface area contributed by atoms with Crippen LogP contribution in [0.3, 0.4) is 0 Å². The molecule has 0 saturated carbocycles. The average molecular weight is 547 g/mol. The third-order valence-corrected chi connectivity index (χ3v) is 5.99. The summed E-state index contributed by atoms with van der Waals surface area (Å²) in [5.74, 6) is -0.383. The maximum Gasteiger partial charge on any atom is 0.446 e. The Morgan fingerprint density at radius 2 is 1.73 bits per heavy atom. The van der Waals surface area contributed by atoms with E-state index in [1.54, 1.807) is 12.1 Å². The number of nitrogens with zero attached hydrogens (tertiary/aromatic N) is 4. The van der Waals surface area contributed by atoms with Gasteiger partial charge in [-0.2, -0.15) is 31.6 Å². The highest BCUT2D eigenvalue weighted by Crippen LogP contribution is 2.46. The fraction of sp³-hybridized carbons (Fsp3) is 0.211. The predicted octanol–water partition coefficient (Wildman–Crippen LogP) is 7.83. The first-order valence-electron chi connectivity index (χ1n) is 8.75. The van der Waals surface area contributed by atoms with E-state index in [1.807, 2.05) is 0 Å². The Balaban J connectivity index is 2.32. The summed E-state index contributed by atoms with van der Waals surface area (Å²) < 4.78 is 81.1. The van der Waals surface area contributed by atoms with E-state index in [2.05, 4.69) is 11.8 Å². The molecule has 1 heterocycles. The van der Waals surface area contributed by atoms with Gasteiger partial charge in [-0.1, -0.05) is 44.6 Å². The number of rotatable bonds is 4. The molecule has 0 atom stereocenters. The van der Waals surface area contributed by atoms with Crippen LogP contribution in [-0.2, 0) is 6.18 Å². The monoisotopic (exact) mass is 545 g/mol. The molecule has 0 radical (unpaired) electrons. The summed E-state index contributed by atoms with van der Waals surface area (Å²) in [4.78, 5) is -0.636. The van der Waals surface area contributed by atoms with Crippen LogP contribution >= 0.6 is 46.6 Å². The van der Waals surface area contributed by atoms with Gasteiger partial charge in [0.25, 0.3) is 0 Å². The van der Waals surface area contributed by atoms with E-state index < -0.39 is 49.6 Å². The van der Waals surface area contributed by atoms with E-state index in [0.29, 0.717) is 30.0 Å². The second kappa shape index (κ2) is 9.25. The Labute approximate surface area is 202 Å². The maximum atomic E-state index is 13.3. The van der Waals surface area contributed by atoms with E-state index in [4.69, 9.17) is 34.8 Å². The van der Waals surface area contributed by atoms with Gasteiger partial charge in [0.2, 0.25) is 5.69 Å². The van der Waals surface area contributed by atoms with E-state index in [1.165, 1.54) is 6.08 Å². The molecule has 14 heteroatoms. The zero-order valence-corrected chi connectivity index (χ0v) is 19.1. The Morgan fingerprint density at radius 3 is 2.21 bits per heavy atom. The summed E-state index contributed by atoms with van der Waals surface area (Å²) in [6.45, 7) is 3.75. The molecule has 0 fully saturated rings. The molecule has 0 bridgehead atoms. The first-order valence-corrected chi connectivity index (χ1v) is 10.7. The maximum absolute atomic E-state index is 13.3. The summed E-state index contributed by atoms with van der Waals surface area (Å²) in [6.07, 6.45) is -0.720. The van der Waals surface area contributed by atoms with Crippen molar-refractivity contribution >= 4 is 59.1 Å². The van der Waals surface area contributed by atoms with Crippen LogP contribution < -0.4 is 0 Å². The fourth-order valence-corrected chi connectivity index (χ4v) is 4.53. The van der Waals surface area contributed by atoms with Crippen molar-refractivity contribution in [1.29, 1.82) is 5.26 Å². The van der Waals surface area contributed by atoms with Crippen LogP contribution in [0.4, 0.5) is 32.2 Å². The molecule has 1 aromatic carbocycles. The molecule has 3 rings (SSSR count). The van der Waals surface area contributed by atoms with Gasteiger partial charge in [-0.3, -0.25) is 0 Å². The standard InChI is InChI=1S/C19H10Cl3F6N4S/c1-31(11-4-2-3-10(20)7-11)17-16(33-19(26,27)28)14(8-29)30-32(17)15-12(21)5-9(6-13(15)22)18(23,24)25/h4-7H,1-3H2/q+1. The fourth-order valence-electron chi connectivity index (χ4n) is 2.96. The average Bonchev–Trinajstić information content (AvgIpc) is 3.02. The van der Waals surface area contributed by atoms with Gasteiger partial charge in [0, 0.05) is 5.03 Å². The predicted molar refractivity (Wildman–Crippen MR) is 114 cm³/mol. The topological polar surface area (TPSA) is 44.6 Å². The number of halogens is 9. The van der Waals surface area contributed by atoms with Crippen molar-refractivity contribution in [3.8, 4) is 11.8 Å². The van der Waals surface area contributed by atoms with E-state index in [9.17, 15) is 31.6 Å². The highest BCUT2D eigenvalue weighted by atomic mass is 35.5. The summed E-state index contributed by atoms with van der Waals surface area (Å²) >= 11 is 17.5. The van der Waals surface area contributed by atoms with Crippen molar-refractivity contribution < 1.29 is 30.9 Å². The lowest BCUT2D eigenvalue weighted by Crippen LogP contribution is -2.12. The quantitative estimate of drug-likeness (QED) is 0.170. The van der Waals surface area contributed by atoms with Crippen LogP contribution in [-0.4, -0.2) is 26.6 Å².